The van der Waals surface area contributed by atoms with Crippen LogP contribution < -0.4 is 5.32 Å². The van der Waals surface area contributed by atoms with Gasteiger partial charge in [-0.3, -0.25) is 9.88 Å². The molecule has 2 heterocycles. The molecule has 104 valence electrons. The maximum absolute atomic E-state index is 4.12. The average Bonchev–Trinajstić information content (AvgIpc) is 2.51. The first kappa shape index (κ1) is 13.3. The minimum atomic E-state index is 0.436. The Labute approximate surface area is 120 Å². The van der Waals surface area contributed by atoms with Crippen LogP contribution in [0.5, 0.6) is 0 Å². The Morgan fingerprint density at radius 3 is 2.80 bits per heavy atom. The normalized spacial score (nSPS) is 19.9. The van der Waals surface area contributed by atoms with Gasteiger partial charge in [0.15, 0.2) is 0 Å². The third kappa shape index (κ3) is 2.89. The summed E-state index contributed by atoms with van der Waals surface area (Å²) in [7, 11) is 0. The molecule has 0 saturated carbocycles. The molecule has 3 nitrogen and oxygen atoms in total. The molecule has 1 aromatic heterocycles. The molecule has 1 aliphatic rings. The summed E-state index contributed by atoms with van der Waals surface area (Å²) in [6, 6.07) is 13.4. The zero-order valence-electron chi connectivity index (χ0n) is 11.9. The second kappa shape index (κ2) is 6.16. The van der Waals surface area contributed by atoms with Crippen molar-refractivity contribution in [2.24, 2.45) is 0 Å². The van der Waals surface area contributed by atoms with Crippen LogP contribution in [-0.2, 0) is 6.54 Å². The molecular formula is C17H21N3. The van der Waals surface area contributed by atoms with Crippen LogP contribution in [0.4, 0.5) is 0 Å². The van der Waals surface area contributed by atoms with E-state index in [4.69, 9.17) is 0 Å². The zero-order chi connectivity index (χ0) is 13.8. The molecular weight excluding hydrogens is 246 g/mol. The number of pyridine rings is 1. The number of hydrogen-bond donors (Lipinski definition) is 1. The summed E-state index contributed by atoms with van der Waals surface area (Å²) in [6.45, 7) is 6.37. The fourth-order valence-corrected chi connectivity index (χ4v) is 2.86. The van der Waals surface area contributed by atoms with E-state index >= 15 is 0 Å². The molecule has 20 heavy (non-hydrogen) atoms. The first-order valence-electron chi connectivity index (χ1n) is 7.24. The van der Waals surface area contributed by atoms with E-state index in [0.29, 0.717) is 6.04 Å². The highest BCUT2D eigenvalue weighted by atomic mass is 15.2. The smallest absolute Gasteiger partial charge is 0.0477 e. The fraction of sp³-hybridized carbons (Fsp3) is 0.353. The van der Waals surface area contributed by atoms with Gasteiger partial charge in [-0.15, -0.1) is 0 Å². The number of benzene rings is 1. The van der Waals surface area contributed by atoms with Crippen molar-refractivity contribution in [1.29, 1.82) is 0 Å². The number of nitrogens with zero attached hydrogens (tertiary/aromatic N) is 2. The van der Waals surface area contributed by atoms with Gasteiger partial charge in [-0.2, -0.15) is 0 Å². The summed E-state index contributed by atoms with van der Waals surface area (Å²) in [5, 5.41) is 3.50. The standard InChI is InChI=1S/C17H21N3/c1-14-4-2-3-5-16(14)13-20-11-10-19-12-17(20)15-6-8-18-9-7-15/h2-9,17,19H,10-13H2,1H3. The number of rotatable bonds is 3. The van der Waals surface area contributed by atoms with E-state index in [1.54, 1.807) is 0 Å². The number of aromatic nitrogens is 1. The van der Waals surface area contributed by atoms with Crippen LogP contribution in [0.3, 0.4) is 0 Å². The molecule has 1 saturated heterocycles. The monoisotopic (exact) mass is 267 g/mol. The van der Waals surface area contributed by atoms with Crippen molar-refractivity contribution >= 4 is 0 Å². The van der Waals surface area contributed by atoms with Crippen LogP contribution in [0, 0.1) is 6.92 Å². The maximum atomic E-state index is 4.12. The van der Waals surface area contributed by atoms with E-state index < -0.39 is 0 Å². The van der Waals surface area contributed by atoms with E-state index in [0.717, 1.165) is 26.2 Å². The fourth-order valence-electron chi connectivity index (χ4n) is 2.86. The Morgan fingerprint density at radius 1 is 1.20 bits per heavy atom. The highest BCUT2D eigenvalue weighted by Crippen LogP contribution is 2.24. The summed E-state index contributed by atoms with van der Waals surface area (Å²) >= 11 is 0. The van der Waals surface area contributed by atoms with Gasteiger partial charge >= 0.3 is 0 Å². The van der Waals surface area contributed by atoms with Crippen molar-refractivity contribution in [3.05, 3.63) is 65.5 Å². The molecule has 1 aromatic carbocycles. The van der Waals surface area contributed by atoms with Crippen molar-refractivity contribution in [2.45, 2.75) is 19.5 Å². The molecule has 1 fully saturated rings. The van der Waals surface area contributed by atoms with Crippen molar-refractivity contribution in [2.75, 3.05) is 19.6 Å². The summed E-state index contributed by atoms with van der Waals surface area (Å²) in [5.74, 6) is 0. The van der Waals surface area contributed by atoms with Gasteiger partial charge < -0.3 is 5.32 Å². The van der Waals surface area contributed by atoms with E-state index in [2.05, 4.69) is 58.5 Å². The third-order valence-corrected chi connectivity index (χ3v) is 4.08. The minimum Gasteiger partial charge on any atom is -0.314 e. The second-order valence-electron chi connectivity index (χ2n) is 5.40. The molecule has 0 radical (unpaired) electrons. The largest absolute Gasteiger partial charge is 0.314 e. The summed E-state index contributed by atoms with van der Waals surface area (Å²) in [4.78, 5) is 6.69. The lowest BCUT2D eigenvalue weighted by Gasteiger charge is -2.36. The molecule has 2 aromatic rings. The quantitative estimate of drug-likeness (QED) is 0.926. The van der Waals surface area contributed by atoms with Gasteiger partial charge in [0.25, 0.3) is 0 Å². The van der Waals surface area contributed by atoms with Gasteiger partial charge in [-0.25, -0.2) is 0 Å². The molecule has 1 N–H and O–H groups in total. The van der Waals surface area contributed by atoms with E-state index in [-0.39, 0.29) is 0 Å². The van der Waals surface area contributed by atoms with Gasteiger partial charge in [0, 0.05) is 44.6 Å². The Morgan fingerprint density at radius 2 is 2.00 bits per heavy atom. The Balaban J connectivity index is 1.81. The van der Waals surface area contributed by atoms with Gasteiger partial charge in [0.2, 0.25) is 0 Å². The number of piperazine rings is 1. The molecule has 1 atom stereocenters. The first-order valence-corrected chi connectivity index (χ1v) is 7.24. The molecule has 0 spiro atoms. The average molecular weight is 267 g/mol. The summed E-state index contributed by atoms with van der Waals surface area (Å²) in [5.41, 5.74) is 4.15. The van der Waals surface area contributed by atoms with Crippen molar-refractivity contribution in [3.63, 3.8) is 0 Å². The highest BCUT2D eigenvalue weighted by Gasteiger charge is 2.23. The lowest BCUT2D eigenvalue weighted by Crippen LogP contribution is -2.45. The lowest BCUT2D eigenvalue weighted by atomic mass is 10.0. The molecule has 3 rings (SSSR count). The predicted molar refractivity (Wildman–Crippen MR) is 81.4 cm³/mol. The molecule has 0 aliphatic carbocycles. The van der Waals surface area contributed by atoms with Crippen LogP contribution in [0.1, 0.15) is 22.7 Å². The number of nitrogens with one attached hydrogen (secondary N) is 1. The molecule has 1 aliphatic heterocycles. The Hall–Kier alpha value is -1.71. The van der Waals surface area contributed by atoms with Crippen molar-refractivity contribution in [1.82, 2.24) is 15.2 Å². The van der Waals surface area contributed by atoms with Crippen LogP contribution in [0.25, 0.3) is 0 Å². The van der Waals surface area contributed by atoms with Gasteiger partial charge in [0.05, 0.1) is 0 Å². The van der Waals surface area contributed by atoms with E-state index in [1.807, 2.05) is 12.4 Å². The van der Waals surface area contributed by atoms with Gasteiger partial charge in [0.1, 0.15) is 0 Å². The van der Waals surface area contributed by atoms with E-state index in [9.17, 15) is 0 Å². The predicted octanol–water partition coefficient (Wildman–Crippen LogP) is 2.54. The van der Waals surface area contributed by atoms with Crippen molar-refractivity contribution in [3.8, 4) is 0 Å². The van der Waals surface area contributed by atoms with Crippen LogP contribution in [-0.4, -0.2) is 29.5 Å². The summed E-state index contributed by atoms with van der Waals surface area (Å²) < 4.78 is 0. The summed E-state index contributed by atoms with van der Waals surface area (Å²) in [6.07, 6.45) is 3.77. The van der Waals surface area contributed by atoms with E-state index in [1.165, 1.54) is 16.7 Å². The van der Waals surface area contributed by atoms with Gasteiger partial charge in [-0.1, -0.05) is 24.3 Å². The van der Waals surface area contributed by atoms with Gasteiger partial charge in [-0.05, 0) is 35.7 Å². The highest BCUT2D eigenvalue weighted by molar-refractivity contribution is 5.26. The molecule has 0 bridgehead atoms. The molecule has 3 heteroatoms. The minimum absolute atomic E-state index is 0.436. The zero-order valence-corrected chi connectivity index (χ0v) is 11.9. The molecule has 0 amide bonds. The Bertz CT molecular complexity index is 553. The van der Waals surface area contributed by atoms with Crippen molar-refractivity contribution < 1.29 is 0 Å². The first-order chi connectivity index (χ1) is 9.84. The number of aryl methyl sites for hydroxylation is 1. The van der Waals surface area contributed by atoms with Crippen LogP contribution in [0.2, 0.25) is 0 Å². The lowest BCUT2D eigenvalue weighted by molar-refractivity contribution is 0.153. The molecule has 1 unspecified atom stereocenters. The van der Waals surface area contributed by atoms with Crippen LogP contribution >= 0.6 is 0 Å². The topological polar surface area (TPSA) is 28.2 Å². The second-order valence-corrected chi connectivity index (χ2v) is 5.40. The Kier molecular flexibility index (Phi) is 4.09. The third-order valence-electron chi connectivity index (χ3n) is 4.08. The number of hydrogen-bond acceptors (Lipinski definition) is 3. The SMILES string of the molecule is Cc1ccccc1CN1CCNCC1c1ccncc1. The maximum Gasteiger partial charge on any atom is 0.0477 e. The van der Waals surface area contributed by atoms with Crippen LogP contribution in [0.15, 0.2) is 48.8 Å².